The molecule has 0 spiro atoms. The molecule has 6 heteroatoms. The van der Waals surface area contributed by atoms with E-state index in [0.717, 1.165) is 46.6 Å². The zero-order chi connectivity index (χ0) is 26.2. The molecule has 1 aliphatic heterocycles. The van der Waals surface area contributed by atoms with Gasteiger partial charge < -0.3 is 19.5 Å². The third kappa shape index (κ3) is 4.81. The van der Waals surface area contributed by atoms with Gasteiger partial charge in [0.05, 0.1) is 6.10 Å². The van der Waals surface area contributed by atoms with E-state index in [1.165, 1.54) is 11.3 Å². The van der Waals surface area contributed by atoms with Gasteiger partial charge in [-0.15, -0.1) is 0 Å². The topological polar surface area (TPSA) is 76.1 Å². The SMILES string of the molecule is Cc1ccc2c(c1OCc1ccccc1)C[C@@H](C(=O)O)N(C(=O)[C@@H](OC1CC[C@H]3C[C@@H]13)c1ccccc1)C2. The number of rotatable bonds is 8. The maximum absolute atomic E-state index is 14.1. The number of amides is 1. The van der Waals surface area contributed by atoms with E-state index in [1.807, 2.05) is 79.7 Å². The van der Waals surface area contributed by atoms with E-state index in [2.05, 4.69) is 0 Å². The highest BCUT2D eigenvalue weighted by atomic mass is 16.5. The maximum atomic E-state index is 14.1. The molecule has 3 aliphatic rings. The number of hydrogen-bond acceptors (Lipinski definition) is 4. The van der Waals surface area contributed by atoms with Crippen LogP contribution in [0.2, 0.25) is 0 Å². The van der Waals surface area contributed by atoms with E-state index in [1.54, 1.807) is 0 Å². The van der Waals surface area contributed by atoms with Gasteiger partial charge in [0, 0.05) is 18.5 Å². The molecule has 6 nitrogen and oxygen atoms in total. The van der Waals surface area contributed by atoms with Crippen LogP contribution in [0, 0.1) is 18.8 Å². The Bertz CT molecular complexity index is 1320. The van der Waals surface area contributed by atoms with Crippen molar-refractivity contribution in [2.75, 3.05) is 0 Å². The molecule has 38 heavy (non-hydrogen) atoms. The monoisotopic (exact) mass is 511 g/mol. The average molecular weight is 512 g/mol. The average Bonchev–Trinajstić information content (AvgIpc) is 3.62. The predicted molar refractivity (Wildman–Crippen MR) is 143 cm³/mol. The second-order valence-electron chi connectivity index (χ2n) is 10.9. The van der Waals surface area contributed by atoms with Crippen molar-refractivity contribution in [3.63, 3.8) is 0 Å². The van der Waals surface area contributed by atoms with Crippen LogP contribution in [0.1, 0.15) is 53.2 Å². The van der Waals surface area contributed by atoms with E-state index in [4.69, 9.17) is 9.47 Å². The summed E-state index contributed by atoms with van der Waals surface area (Å²) in [6.07, 6.45) is 2.69. The molecule has 2 aliphatic carbocycles. The van der Waals surface area contributed by atoms with Gasteiger partial charge in [-0.25, -0.2) is 4.79 Å². The Morgan fingerprint density at radius 3 is 2.39 bits per heavy atom. The summed E-state index contributed by atoms with van der Waals surface area (Å²) in [5, 5.41) is 10.3. The van der Waals surface area contributed by atoms with E-state index >= 15 is 0 Å². The number of carboxylic acid groups (broad SMARTS) is 1. The fourth-order valence-electron chi connectivity index (χ4n) is 6.19. The molecule has 3 aromatic rings. The summed E-state index contributed by atoms with van der Waals surface area (Å²) in [6, 6.07) is 22.4. The van der Waals surface area contributed by atoms with E-state index in [0.29, 0.717) is 18.3 Å². The van der Waals surface area contributed by atoms with Crippen LogP contribution in [-0.4, -0.2) is 34.0 Å². The van der Waals surface area contributed by atoms with Crippen LogP contribution in [0.25, 0.3) is 0 Å². The lowest BCUT2D eigenvalue weighted by atomic mass is 9.90. The van der Waals surface area contributed by atoms with Crippen LogP contribution in [0.4, 0.5) is 0 Å². The van der Waals surface area contributed by atoms with Crippen LogP contribution < -0.4 is 4.74 Å². The first kappa shape index (κ1) is 24.7. The molecule has 1 amide bonds. The maximum Gasteiger partial charge on any atom is 0.326 e. The highest BCUT2D eigenvalue weighted by Gasteiger charge is 2.50. The molecule has 2 fully saturated rings. The summed E-state index contributed by atoms with van der Waals surface area (Å²) < 4.78 is 12.7. The number of benzene rings is 3. The van der Waals surface area contributed by atoms with Crippen LogP contribution in [0.15, 0.2) is 72.8 Å². The fraction of sp³-hybridized carbons (Fsp3) is 0.375. The first-order chi connectivity index (χ1) is 18.5. The van der Waals surface area contributed by atoms with Crippen LogP contribution >= 0.6 is 0 Å². The van der Waals surface area contributed by atoms with Crippen LogP contribution in [-0.2, 0) is 33.9 Å². The van der Waals surface area contributed by atoms with Gasteiger partial charge in [-0.2, -0.15) is 0 Å². The van der Waals surface area contributed by atoms with Crippen LogP contribution in [0.3, 0.4) is 0 Å². The molecular formula is C32H33NO5. The molecule has 0 aromatic heterocycles. The molecule has 196 valence electrons. The van der Waals surface area contributed by atoms with Gasteiger partial charge in [-0.1, -0.05) is 72.8 Å². The van der Waals surface area contributed by atoms with Gasteiger partial charge in [0.2, 0.25) is 0 Å². The van der Waals surface area contributed by atoms with Crippen molar-refractivity contribution in [3.05, 3.63) is 101 Å². The van der Waals surface area contributed by atoms with Gasteiger partial charge in [-0.3, -0.25) is 4.79 Å². The summed E-state index contributed by atoms with van der Waals surface area (Å²) in [5.41, 5.74) is 4.55. The third-order valence-electron chi connectivity index (χ3n) is 8.38. The second kappa shape index (κ2) is 10.3. The molecule has 0 bridgehead atoms. The molecule has 0 saturated heterocycles. The minimum atomic E-state index is -1.02. The Labute approximate surface area is 223 Å². The van der Waals surface area contributed by atoms with Crippen molar-refractivity contribution in [1.82, 2.24) is 4.90 Å². The number of carbonyl (C=O) groups excluding carboxylic acids is 1. The van der Waals surface area contributed by atoms with E-state index in [9.17, 15) is 14.7 Å². The highest BCUT2D eigenvalue weighted by Crippen LogP contribution is 2.54. The predicted octanol–water partition coefficient (Wildman–Crippen LogP) is 5.47. The molecule has 3 aromatic carbocycles. The van der Waals surface area contributed by atoms with Crippen molar-refractivity contribution in [2.45, 2.75) is 64.0 Å². The standard InChI is InChI=1S/C32H33NO5/c1-20-12-13-24-18-33(27(32(35)36)17-26(24)29(20)37-19-21-8-4-2-5-9-21)31(34)30(22-10-6-3-7-11-22)38-28-15-14-23-16-25(23)28/h2-13,23,25,27-28,30H,14-19H2,1H3,(H,35,36)/t23-,25+,27-,28?,30-/m0/s1. The summed E-state index contributed by atoms with van der Waals surface area (Å²) in [7, 11) is 0. The molecule has 1 unspecified atom stereocenters. The van der Waals surface area contributed by atoms with Crippen LogP contribution in [0.5, 0.6) is 5.75 Å². The quantitative estimate of drug-likeness (QED) is 0.434. The zero-order valence-corrected chi connectivity index (χ0v) is 21.6. The lowest BCUT2D eigenvalue weighted by Gasteiger charge is -2.38. The molecule has 1 heterocycles. The van der Waals surface area contributed by atoms with Crippen molar-refractivity contribution in [3.8, 4) is 5.75 Å². The number of carbonyl (C=O) groups is 2. The Morgan fingerprint density at radius 2 is 1.74 bits per heavy atom. The van der Waals surface area contributed by atoms with Crippen molar-refractivity contribution in [2.24, 2.45) is 11.8 Å². The van der Waals surface area contributed by atoms with Crippen molar-refractivity contribution >= 4 is 11.9 Å². The first-order valence-electron chi connectivity index (χ1n) is 13.5. The van der Waals surface area contributed by atoms with Gasteiger partial charge in [0.25, 0.3) is 5.91 Å². The molecule has 2 saturated carbocycles. The minimum absolute atomic E-state index is 0.0511. The summed E-state index contributed by atoms with van der Waals surface area (Å²) in [4.78, 5) is 28.1. The van der Waals surface area contributed by atoms with Crippen molar-refractivity contribution < 1.29 is 24.2 Å². The molecule has 0 radical (unpaired) electrons. The Balaban J connectivity index is 1.29. The largest absolute Gasteiger partial charge is 0.488 e. The number of ether oxygens (including phenoxy) is 2. The summed E-state index contributed by atoms with van der Waals surface area (Å²) in [6.45, 7) is 2.57. The normalized spacial score (nSPS) is 24.3. The van der Waals surface area contributed by atoms with Crippen molar-refractivity contribution in [1.29, 1.82) is 0 Å². The smallest absolute Gasteiger partial charge is 0.326 e. The Kier molecular flexibility index (Phi) is 6.66. The minimum Gasteiger partial charge on any atom is -0.488 e. The van der Waals surface area contributed by atoms with Gasteiger partial charge in [-0.05, 0) is 60.3 Å². The number of hydrogen-bond donors (Lipinski definition) is 1. The van der Waals surface area contributed by atoms with E-state index < -0.39 is 18.1 Å². The fourth-order valence-corrected chi connectivity index (χ4v) is 6.19. The lowest BCUT2D eigenvalue weighted by molar-refractivity contribution is -0.160. The molecule has 1 N–H and O–H groups in total. The van der Waals surface area contributed by atoms with Gasteiger partial charge in [0.15, 0.2) is 6.10 Å². The number of carboxylic acids is 1. The number of aryl methyl sites for hydroxylation is 1. The molecular weight excluding hydrogens is 478 g/mol. The summed E-state index contributed by atoms with van der Waals surface area (Å²) >= 11 is 0. The van der Waals surface area contributed by atoms with Gasteiger partial charge in [0.1, 0.15) is 18.4 Å². The number of nitrogens with zero attached hydrogens (tertiary/aromatic N) is 1. The second-order valence-corrected chi connectivity index (χ2v) is 10.9. The number of aliphatic carboxylic acids is 1. The zero-order valence-electron chi connectivity index (χ0n) is 21.6. The Hall–Kier alpha value is -3.64. The molecule has 6 rings (SSSR count). The van der Waals surface area contributed by atoms with E-state index in [-0.39, 0.29) is 25.0 Å². The Morgan fingerprint density at radius 1 is 1.00 bits per heavy atom. The van der Waals surface area contributed by atoms with Gasteiger partial charge >= 0.3 is 5.97 Å². The first-order valence-corrected chi connectivity index (χ1v) is 13.5. The third-order valence-corrected chi connectivity index (χ3v) is 8.38. The lowest BCUT2D eigenvalue weighted by Crippen LogP contribution is -2.51. The number of fused-ring (bicyclic) bond motifs is 2. The summed E-state index contributed by atoms with van der Waals surface area (Å²) in [5.74, 6) is 0.655. The highest BCUT2D eigenvalue weighted by molar-refractivity contribution is 5.88. The molecule has 5 atom stereocenters.